The van der Waals surface area contributed by atoms with Crippen LogP contribution in [0.15, 0.2) is 0 Å². The molecule has 27 heavy (non-hydrogen) atoms. The van der Waals surface area contributed by atoms with Crippen molar-refractivity contribution in [1.82, 2.24) is 5.32 Å². The summed E-state index contributed by atoms with van der Waals surface area (Å²) in [7, 11) is 1.57. The van der Waals surface area contributed by atoms with Crippen molar-refractivity contribution in [3.63, 3.8) is 0 Å². The number of alkyl carbamates (subject to hydrolysis) is 1. The van der Waals surface area contributed by atoms with Gasteiger partial charge >= 0.3 is 23.9 Å². The Morgan fingerprint density at radius 3 is 2.26 bits per heavy atom. The molecule has 0 aliphatic heterocycles. The number of nitrogens with one attached hydrogen (secondary N) is 2. The molecule has 4 N–H and O–H groups in total. The highest BCUT2D eigenvalue weighted by Gasteiger charge is 2.64. The number of halogens is 3. The molecule has 0 spiro atoms. The molecule has 8 nitrogen and oxygen atoms in total. The summed E-state index contributed by atoms with van der Waals surface area (Å²) in [6, 6.07) is 0. The van der Waals surface area contributed by atoms with Crippen molar-refractivity contribution in [3.8, 4) is 0 Å². The molecule has 0 fully saturated rings. The molecule has 12 heteroatoms. The Hall–Kier alpha value is -2.50. The third kappa shape index (κ3) is 3.80. The van der Waals surface area contributed by atoms with Gasteiger partial charge in [-0.25, -0.2) is 9.59 Å². The van der Waals surface area contributed by atoms with Crippen LogP contribution in [0.3, 0.4) is 0 Å². The second-order valence-electron chi connectivity index (χ2n) is 5.76. The summed E-state index contributed by atoms with van der Waals surface area (Å²) < 4.78 is 50.1. The van der Waals surface area contributed by atoms with Crippen molar-refractivity contribution < 1.29 is 37.0 Å². The van der Waals surface area contributed by atoms with Crippen molar-refractivity contribution in [2.75, 3.05) is 19.5 Å². The normalized spacial score (nSPS) is 15.9. The van der Waals surface area contributed by atoms with Gasteiger partial charge in [0.15, 0.2) is 0 Å². The maximum atomic E-state index is 13.9. The number of ether oxygens (including phenoxy) is 2. The second-order valence-corrected chi connectivity index (χ2v) is 6.87. The lowest BCUT2D eigenvalue weighted by atomic mass is 9.95. The van der Waals surface area contributed by atoms with Gasteiger partial charge in [-0.15, -0.1) is 11.3 Å². The van der Waals surface area contributed by atoms with Crippen LogP contribution in [0.4, 0.5) is 23.0 Å². The highest BCUT2D eigenvalue weighted by molar-refractivity contribution is 7.16. The zero-order chi connectivity index (χ0) is 20.4. The molecule has 150 valence electrons. The minimum absolute atomic E-state index is 0.126. The monoisotopic (exact) mass is 409 g/mol. The van der Waals surface area contributed by atoms with Crippen molar-refractivity contribution in [1.29, 1.82) is 0 Å². The fourth-order valence-corrected chi connectivity index (χ4v) is 4.18. The van der Waals surface area contributed by atoms with Gasteiger partial charge in [0.1, 0.15) is 5.00 Å². The Kier molecular flexibility index (Phi) is 5.88. The second kappa shape index (κ2) is 7.62. The van der Waals surface area contributed by atoms with E-state index in [2.05, 4.69) is 9.47 Å². The lowest BCUT2D eigenvalue weighted by Gasteiger charge is -2.34. The number of esters is 1. The molecule has 2 rings (SSSR count). The summed E-state index contributed by atoms with van der Waals surface area (Å²) in [5, 5.41) is 3.14. The third-order valence-electron chi connectivity index (χ3n) is 4.11. The summed E-state index contributed by atoms with van der Waals surface area (Å²) >= 11 is 0.884. The van der Waals surface area contributed by atoms with E-state index >= 15 is 0 Å². The Morgan fingerprint density at radius 2 is 1.74 bits per heavy atom. The molecular formula is C15H18F3N3O5S. The first kappa shape index (κ1) is 20.8. The minimum atomic E-state index is -5.33. The van der Waals surface area contributed by atoms with Gasteiger partial charge in [-0.3, -0.25) is 10.1 Å². The van der Waals surface area contributed by atoms with Gasteiger partial charge in [-0.05, 0) is 31.2 Å². The molecule has 0 saturated heterocycles. The van der Waals surface area contributed by atoms with Crippen molar-refractivity contribution in [3.05, 3.63) is 16.0 Å². The standard InChI is InChI=1S/C15H18F3N3O5S/c1-25-12(23)14(15(16,17)18,21-13(24)26-2)20-11-9(10(19)22)7-5-3-4-6-8(7)27-11/h20H,3-6H2,1-2H3,(H2,19,22)(H,21,24)/t14-/m1/s1. The summed E-state index contributed by atoms with van der Waals surface area (Å²) in [6.07, 6.45) is -4.23. The Morgan fingerprint density at radius 1 is 1.11 bits per heavy atom. The highest BCUT2D eigenvalue weighted by Crippen LogP contribution is 2.41. The lowest BCUT2D eigenvalue weighted by molar-refractivity contribution is -0.203. The van der Waals surface area contributed by atoms with Crippen LogP contribution in [-0.4, -0.2) is 44.0 Å². The molecule has 1 aliphatic rings. The zero-order valence-corrected chi connectivity index (χ0v) is 15.3. The number of amides is 2. The number of hydrogen-bond acceptors (Lipinski definition) is 7. The fraction of sp³-hybridized carbons (Fsp3) is 0.533. The maximum absolute atomic E-state index is 13.9. The molecule has 1 atom stereocenters. The van der Waals surface area contributed by atoms with Crippen LogP contribution >= 0.6 is 11.3 Å². The SMILES string of the molecule is COC(=O)N[C@](Nc1sc2c(c1C(N)=O)CCCC2)(C(=O)OC)C(F)(F)F. The van der Waals surface area contributed by atoms with Crippen LogP contribution in [-0.2, 0) is 27.1 Å². The molecule has 0 unspecified atom stereocenters. The zero-order valence-electron chi connectivity index (χ0n) is 14.5. The van der Waals surface area contributed by atoms with Crippen LogP contribution in [0, 0.1) is 0 Å². The lowest BCUT2D eigenvalue weighted by Crippen LogP contribution is -2.69. The molecule has 2 amide bonds. The highest BCUT2D eigenvalue weighted by atomic mass is 32.1. The smallest absolute Gasteiger partial charge is 0.442 e. The fourth-order valence-electron chi connectivity index (χ4n) is 2.83. The molecule has 1 aromatic heterocycles. The van der Waals surface area contributed by atoms with Gasteiger partial charge in [0, 0.05) is 4.88 Å². The quantitative estimate of drug-likeness (QED) is 0.505. The Bertz CT molecular complexity index is 765. The van der Waals surface area contributed by atoms with Crippen molar-refractivity contribution in [2.24, 2.45) is 5.73 Å². The molecular weight excluding hydrogens is 391 g/mol. The molecule has 0 aromatic carbocycles. The number of fused-ring (bicyclic) bond motifs is 1. The first-order chi connectivity index (χ1) is 12.6. The number of aryl methyl sites for hydroxylation is 1. The topological polar surface area (TPSA) is 120 Å². The number of thiophene rings is 1. The van der Waals surface area contributed by atoms with Crippen LogP contribution in [0.25, 0.3) is 0 Å². The van der Waals surface area contributed by atoms with Gasteiger partial charge in [0.25, 0.3) is 5.91 Å². The predicted molar refractivity (Wildman–Crippen MR) is 89.4 cm³/mol. The molecule has 0 bridgehead atoms. The first-order valence-corrected chi connectivity index (χ1v) is 8.62. The van der Waals surface area contributed by atoms with E-state index in [4.69, 9.17) is 5.73 Å². The Balaban J connectivity index is 2.62. The van der Waals surface area contributed by atoms with Crippen molar-refractivity contribution >= 4 is 34.3 Å². The summed E-state index contributed by atoms with van der Waals surface area (Å²) in [5.74, 6) is -2.77. The number of alkyl halides is 3. The van der Waals surface area contributed by atoms with E-state index in [9.17, 15) is 27.6 Å². The van der Waals surface area contributed by atoms with E-state index in [0.29, 0.717) is 23.3 Å². The summed E-state index contributed by atoms with van der Waals surface area (Å²) in [6.45, 7) is 0. The van der Waals surface area contributed by atoms with Crippen LogP contribution in [0.2, 0.25) is 0 Å². The maximum Gasteiger partial charge on any atom is 0.442 e. The van der Waals surface area contributed by atoms with E-state index in [1.165, 1.54) is 5.32 Å². The van der Waals surface area contributed by atoms with E-state index in [0.717, 1.165) is 38.4 Å². The van der Waals surface area contributed by atoms with Crippen molar-refractivity contribution in [2.45, 2.75) is 37.5 Å². The van der Waals surface area contributed by atoms with E-state index in [-0.39, 0.29) is 10.6 Å². The van der Waals surface area contributed by atoms with Gasteiger partial charge in [0.2, 0.25) is 0 Å². The summed E-state index contributed by atoms with van der Waals surface area (Å²) in [5.41, 5.74) is 2.13. The molecule has 1 aliphatic carbocycles. The molecule has 0 radical (unpaired) electrons. The Labute approximate surface area is 156 Å². The molecule has 0 saturated carbocycles. The number of methoxy groups -OCH3 is 2. The molecule has 1 heterocycles. The van der Waals surface area contributed by atoms with E-state index in [1.807, 2.05) is 5.32 Å². The average Bonchev–Trinajstić information content (AvgIpc) is 2.96. The summed E-state index contributed by atoms with van der Waals surface area (Å²) in [4.78, 5) is 36.2. The van der Waals surface area contributed by atoms with Gasteiger partial charge < -0.3 is 20.5 Å². The number of primary amides is 1. The van der Waals surface area contributed by atoms with Gasteiger partial charge in [0.05, 0.1) is 19.8 Å². The molecule has 1 aromatic rings. The number of anilines is 1. The van der Waals surface area contributed by atoms with Crippen LogP contribution in [0.5, 0.6) is 0 Å². The number of hydrogen-bond donors (Lipinski definition) is 3. The largest absolute Gasteiger partial charge is 0.466 e. The number of carbonyl (C=O) groups excluding carboxylic acids is 3. The minimum Gasteiger partial charge on any atom is -0.466 e. The van der Waals surface area contributed by atoms with Gasteiger partial charge in [-0.2, -0.15) is 13.2 Å². The average molecular weight is 409 g/mol. The van der Waals surface area contributed by atoms with E-state index < -0.39 is 29.8 Å². The number of rotatable bonds is 5. The van der Waals surface area contributed by atoms with Gasteiger partial charge in [-0.1, -0.05) is 0 Å². The van der Waals surface area contributed by atoms with Crippen LogP contribution < -0.4 is 16.4 Å². The third-order valence-corrected chi connectivity index (χ3v) is 5.32. The number of carbonyl (C=O) groups is 3. The van der Waals surface area contributed by atoms with Crippen LogP contribution in [0.1, 0.15) is 33.6 Å². The first-order valence-electron chi connectivity index (χ1n) is 7.81. The predicted octanol–water partition coefficient (Wildman–Crippen LogP) is 1.93. The number of nitrogens with two attached hydrogens (primary N) is 1. The van der Waals surface area contributed by atoms with E-state index in [1.54, 1.807) is 0 Å².